The molecule has 0 aliphatic rings. The Morgan fingerprint density at radius 1 is 1.06 bits per heavy atom. The predicted molar refractivity (Wildman–Crippen MR) is 116 cm³/mol. The van der Waals surface area contributed by atoms with E-state index in [1.54, 1.807) is 48.5 Å². The maximum Gasteiger partial charge on any atom is 0.261 e. The van der Waals surface area contributed by atoms with Gasteiger partial charge < -0.3 is 15.1 Å². The Labute approximate surface area is 177 Å². The van der Waals surface area contributed by atoms with Gasteiger partial charge in [0.1, 0.15) is 12.3 Å². The highest BCUT2D eigenvalue weighted by Gasteiger charge is 2.15. The number of benzene rings is 2. The van der Waals surface area contributed by atoms with Crippen molar-refractivity contribution in [1.82, 2.24) is 14.9 Å². The van der Waals surface area contributed by atoms with E-state index in [0.717, 1.165) is 5.56 Å². The highest BCUT2D eigenvalue weighted by atomic mass is 16.3. The molecule has 0 aliphatic carbocycles. The molecular formula is C23H20N4O4. The minimum Gasteiger partial charge on any atom is -0.467 e. The molecule has 8 heteroatoms. The van der Waals surface area contributed by atoms with Crippen LogP contribution in [0.4, 0.5) is 5.69 Å². The third-order valence-corrected chi connectivity index (χ3v) is 4.82. The van der Waals surface area contributed by atoms with Crippen LogP contribution in [0.3, 0.4) is 0 Å². The number of aryl methyl sites for hydroxylation is 1. The largest absolute Gasteiger partial charge is 0.467 e. The molecule has 0 aliphatic heterocycles. The molecule has 2 heterocycles. The van der Waals surface area contributed by atoms with E-state index in [-0.39, 0.29) is 24.6 Å². The molecule has 4 aromatic rings. The van der Waals surface area contributed by atoms with Crippen LogP contribution in [0, 0.1) is 6.92 Å². The van der Waals surface area contributed by atoms with E-state index in [1.165, 1.54) is 17.2 Å². The zero-order chi connectivity index (χ0) is 21.8. The molecule has 0 radical (unpaired) electrons. The SMILES string of the molecule is Cc1cccc2c(=O)n(CC(=O)Nc3ccccc3C(=O)NCc3ccco3)cnc12. The Bertz CT molecular complexity index is 1310. The molecule has 0 atom stereocenters. The summed E-state index contributed by atoms with van der Waals surface area (Å²) in [7, 11) is 0. The van der Waals surface area contributed by atoms with Crippen molar-refractivity contribution in [3.63, 3.8) is 0 Å². The van der Waals surface area contributed by atoms with Crippen molar-refractivity contribution in [1.29, 1.82) is 0 Å². The molecule has 0 bridgehead atoms. The predicted octanol–water partition coefficient (Wildman–Crippen LogP) is 2.87. The monoisotopic (exact) mass is 416 g/mol. The average Bonchev–Trinajstić information content (AvgIpc) is 3.28. The van der Waals surface area contributed by atoms with E-state index < -0.39 is 5.91 Å². The minimum atomic E-state index is -0.442. The second-order valence-electron chi connectivity index (χ2n) is 7.00. The number of para-hydroxylation sites is 2. The van der Waals surface area contributed by atoms with Crippen molar-refractivity contribution < 1.29 is 14.0 Å². The molecule has 0 fully saturated rings. The number of hydrogen-bond donors (Lipinski definition) is 2. The number of amides is 2. The van der Waals surface area contributed by atoms with E-state index >= 15 is 0 Å². The van der Waals surface area contributed by atoms with Crippen molar-refractivity contribution in [3.8, 4) is 0 Å². The summed E-state index contributed by atoms with van der Waals surface area (Å²) in [6.45, 7) is 1.88. The topological polar surface area (TPSA) is 106 Å². The zero-order valence-corrected chi connectivity index (χ0v) is 16.8. The van der Waals surface area contributed by atoms with E-state index in [2.05, 4.69) is 15.6 Å². The third-order valence-electron chi connectivity index (χ3n) is 4.82. The Kier molecular flexibility index (Phi) is 5.61. The summed E-state index contributed by atoms with van der Waals surface area (Å²) in [4.78, 5) is 42.2. The third kappa shape index (κ3) is 4.37. The molecule has 4 rings (SSSR count). The molecule has 2 aromatic heterocycles. The summed E-state index contributed by atoms with van der Waals surface area (Å²) < 4.78 is 6.45. The van der Waals surface area contributed by atoms with Crippen molar-refractivity contribution in [3.05, 3.63) is 94.4 Å². The summed E-state index contributed by atoms with van der Waals surface area (Å²) in [5, 5.41) is 5.91. The summed E-state index contributed by atoms with van der Waals surface area (Å²) in [5.74, 6) is -0.178. The fourth-order valence-corrected chi connectivity index (χ4v) is 3.26. The van der Waals surface area contributed by atoms with Gasteiger partial charge in [0.15, 0.2) is 0 Å². The van der Waals surface area contributed by atoms with Crippen molar-refractivity contribution >= 4 is 28.4 Å². The van der Waals surface area contributed by atoms with E-state index in [4.69, 9.17) is 4.42 Å². The van der Waals surface area contributed by atoms with Crippen molar-refractivity contribution in [2.75, 3.05) is 5.32 Å². The molecule has 31 heavy (non-hydrogen) atoms. The Morgan fingerprint density at radius 3 is 2.71 bits per heavy atom. The fraction of sp³-hybridized carbons (Fsp3) is 0.130. The second kappa shape index (κ2) is 8.66. The van der Waals surface area contributed by atoms with E-state index in [9.17, 15) is 14.4 Å². The van der Waals surface area contributed by atoms with Gasteiger partial charge in [-0.25, -0.2) is 4.98 Å². The lowest BCUT2D eigenvalue weighted by Crippen LogP contribution is -2.29. The Hall–Kier alpha value is -4.20. The van der Waals surface area contributed by atoms with Crippen LogP contribution in [-0.2, 0) is 17.9 Å². The molecule has 0 spiro atoms. The molecule has 0 unspecified atom stereocenters. The lowest BCUT2D eigenvalue weighted by molar-refractivity contribution is -0.116. The van der Waals surface area contributed by atoms with Crippen molar-refractivity contribution in [2.24, 2.45) is 0 Å². The smallest absolute Gasteiger partial charge is 0.261 e. The molecule has 2 amide bonds. The average molecular weight is 416 g/mol. The maximum absolute atomic E-state index is 12.7. The number of rotatable bonds is 6. The van der Waals surface area contributed by atoms with Crippen LogP contribution in [0.25, 0.3) is 10.9 Å². The van der Waals surface area contributed by atoms with Crippen molar-refractivity contribution in [2.45, 2.75) is 20.0 Å². The first kappa shape index (κ1) is 20.1. The highest BCUT2D eigenvalue weighted by Crippen LogP contribution is 2.16. The van der Waals surface area contributed by atoms with Gasteiger partial charge in [0.25, 0.3) is 11.5 Å². The summed E-state index contributed by atoms with van der Waals surface area (Å²) in [6.07, 6.45) is 2.89. The number of fused-ring (bicyclic) bond motifs is 1. The first-order chi connectivity index (χ1) is 15.0. The van der Waals surface area contributed by atoms with Crippen LogP contribution in [0.5, 0.6) is 0 Å². The molecule has 8 nitrogen and oxygen atoms in total. The first-order valence-electron chi connectivity index (χ1n) is 9.67. The number of anilines is 1. The molecule has 2 N–H and O–H groups in total. The number of nitrogens with zero attached hydrogens (tertiary/aromatic N) is 2. The van der Waals surface area contributed by atoms with Gasteiger partial charge in [0.2, 0.25) is 5.91 Å². The van der Waals surface area contributed by atoms with Gasteiger partial charge in [-0.3, -0.25) is 19.0 Å². The summed E-state index contributed by atoms with van der Waals surface area (Å²) in [6, 6.07) is 15.5. The van der Waals surface area contributed by atoms with E-state index in [1.807, 2.05) is 13.0 Å². The Morgan fingerprint density at radius 2 is 1.90 bits per heavy atom. The fourth-order valence-electron chi connectivity index (χ4n) is 3.26. The molecule has 0 saturated heterocycles. The summed E-state index contributed by atoms with van der Waals surface area (Å²) >= 11 is 0. The van der Waals surface area contributed by atoms with Gasteiger partial charge in [-0.05, 0) is 42.8 Å². The number of furan rings is 1. The quantitative estimate of drug-likeness (QED) is 0.503. The normalized spacial score (nSPS) is 10.7. The number of carbonyl (C=O) groups is 2. The number of hydrogen-bond acceptors (Lipinski definition) is 5. The van der Waals surface area contributed by atoms with Gasteiger partial charge in [0, 0.05) is 0 Å². The molecule has 0 saturated carbocycles. The second-order valence-corrected chi connectivity index (χ2v) is 7.00. The molecular weight excluding hydrogens is 396 g/mol. The zero-order valence-electron chi connectivity index (χ0n) is 16.8. The van der Waals surface area contributed by atoms with Gasteiger partial charge >= 0.3 is 0 Å². The van der Waals surface area contributed by atoms with Crippen LogP contribution < -0.4 is 16.2 Å². The van der Waals surface area contributed by atoms with Gasteiger partial charge in [-0.2, -0.15) is 0 Å². The van der Waals surface area contributed by atoms with Crippen LogP contribution in [0.15, 0.2) is 76.4 Å². The van der Waals surface area contributed by atoms with Gasteiger partial charge in [-0.1, -0.05) is 24.3 Å². The van der Waals surface area contributed by atoms with Crippen LogP contribution in [0.1, 0.15) is 21.7 Å². The van der Waals surface area contributed by atoms with Crippen LogP contribution >= 0.6 is 0 Å². The lowest BCUT2D eigenvalue weighted by atomic mass is 10.1. The lowest BCUT2D eigenvalue weighted by Gasteiger charge is -2.12. The van der Waals surface area contributed by atoms with Gasteiger partial charge in [-0.15, -0.1) is 0 Å². The van der Waals surface area contributed by atoms with Crippen LogP contribution in [-0.4, -0.2) is 21.4 Å². The minimum absolute atomic E-state index is 0.224. The maximum atomic E-state index is 12.7. The van der Waals surface area contributed by atoms with Gasteiger partial charge in [0.05, 0.1) is 41.3 Å². The number of aromatic nitrogens is 2. The highest BCUT2D eigenvalue weighted by molar-refractivity contribution is 6.03. The molecule has 156 valence electrons. The van der Waals surface area contributed by atoms with Crippen LogP contribution in [0.2, 0.25) is 0 Å². The van der Waals surface area contributed by atoms with E-state index in [0.29, 0.717) is 27.9 Å². The summed E-state index contributed by atoms with van der Waals surface area (Å²) in [5.41, 5.74) is 1.86. The Balaban J connectivity index is 1.49. The number of nitrogens with one attached hydrogen (secondary N) is 2. The molecule has 2 aromatic carbocycles. The number of carbonyl (C=O) groups excluding carboxylic acids is 2. The first-order valence-corrected chi connectivity index (χ1v) is 9.67. The standard InChI is InChI=1S/C23H20N4O4/c1-15-6-4-9-18-21(15)25-14-27(23(18)30)13-20(28)26-19-10-3-2-8-17(19)22(29)24-12-16-7-5-11-31-16/h2-11,14H,12-13H2,1H3,(H,24,29)(H,26,28).